The average Bonchev–Trinajstić information content (AvgIpc) is 3.42. The number of rotatable bonds is 9. The molecule has 0 saturated carbocycles. The number of benzene rings is 1. The van der Waals surface area contributed by atoms with Gasteiger partial charge in [-0.3, -0.25) is 14.4 Å². The second kappa shape index (κ2) is 10.4. The number of furan rings is 1. The van der Waals surface area contributed by atoms with Crippen molar-refractivity contribution in [2.24, 2.45) is 7.05 Å². The zero-order chi connectivity index (χ0) is 22.2. The van der Waals surface area contributed by atoms with E-state index >= 15 is 0 Å². The Bertz CT molecular complexity index is 1030. The molecule has 3 aromatic rings. The summed E-state index contributed by atoms with van der Waals surface area (Å²) < 4.78 is 6.63. The van der Waals surface area contributed by atoms with Gasteiger partial charge in [0.25, 0.3) is 5.91 Å². The second-order valence-electron chi connectivity index (χ2n) is 6.52. The maximum absolute atomic E-state index is 12.5. The number of thioether (sulfide) groups is 1. The largest absolute Gasteiger partial charge is 0.467 e. The number of hydrogen-bond donors (Lipinski definition) is 2. The lowest BCUT2D eigenvalue weighted by Crippen LogP contribution is -2.38. The van der Waals surface area contributed by atoms with E-state index in [1.807, 2.05) is 0 Å². The first kappa shape index (κ1) is 22.0. The Morgan fingerprint density at radius 1 is 1.16 bits per heavy atom. The Morgan fingerprint density at radius 3 is 2.58 bits per heavy atom. The molecule has 0 saturated heterocycles. The van der Waals surface area contributed by atoms with Crippen LogP contribution >= 0.6 is 11.8 Å². The Hall–Kier alpha value is -3.67. The van der Waals surface area contributed by atoms with Crippen molar-refractivity contribution in [3.8, 4) is 0 Å². The number of aromatic nitrogens is 4. The smallest absolute Gasteiger partial charge is 0.254 e. The molecule has 0 fully saturated rings. The number of carbonyl (C=O) groups excluding carboxylic acids is 3. The summed E-state index contributed by atoms with van der Waals surface area (Å²) >= 11 is 1.21. The van der Waals surface area contributed by atoms with Crippen molar-refractivity contribution in [1.29, 1.82) is 0 Å². The molecule has 1 aromatic carbocycles. The van der Waals surface area contributed by atoms with E-state index in [4.69, 9.17) is 4.42 Å². The van der Waals surface area contributed by atoms with Crippen LogP contribution in [0.2, 0.25) is 0 Å². The molecule has 0 atom stereocenters. The highest BCUT2D eigenvalue weighted by molar-refractivity contribution is 7.99. The van der Waals surface area contributed by atoms with Crippen molar-refractivity contribution in [2.45, 2.75) is 11.7 Å². The Morgan fingerprint density at radius 2 is 1.94 bits per heavy atom. The number of likely N-dealkylation sites (N-methyl/N-ethyl adjacent to an activating group) is 1. The van der Waals surface area contributed by atoms with Crippen LogP contribution in [0.3, 0.4) is 0 Å². The van der Waals surface area contributed by atoms with E-state index in [0.717, 1.165) is 0 Å². The number of nitrogens with zero attached hydrogens (tertiary/aromatic N) is 5. The monoisotopic (exact) mass is 443 g/mol. The number of carbonyl (C=O) groups is 3. The van der Waals surface area contributed by atoms with Gasteiger partial charge in [0.05, 0.1) is 25.1 Å². The van der Waals surface area contributed by atoms with E-state index in [0.29, 0.717) is 22.2 Å². The van der Waals surface area contributed by atoms with E-state index in [1.165, 1.54) is 27.6 Å². The summed E-state index contributed by atoms with van der Waals surface area (Å²) in [6, 6.07) is 9.93. The highest BCUT2D eigenvalue weighted by Crippen LogP contribution is 2.15. The summed E-state index contributed by atoms with van der Waals surface area (Å²) in [4.78, 5) is 37.9. The van der Waals surface area contributed by atoms with Gasteiger partial charge in [-0.25, -0.2) is 4.68 Å². The van der Waals surface area contributed by atoms with Gasteiger partial charge >= 0.3 is 0 Å². The molecule has 2 aromatic heterocycles. The quantitative estimate of drug-likeness (QED) is 0.466. The van der Waals surface area contributed by atoms with Crippen LogP contribution in [0.15, 0.2) is 52.2 Å². The molecule has 162 valence electrons. The van der Waals surface area contributed by atoms with Gasteiger partial charge in [0.15, 0.2) is 0 Å². The Balaban J connectivity index is 1.45. The highest BCUT2D eigenvalue weighted by atomic mass is 32.2. The zero-order valence-electron chi connectivity index (χ0n) is 16.9. The van der Waals surface area contributed by atoms with Crippen LogP contribution in [0.4, 0.5) is 5.69 Å². The molecule has 2 heterocycles. The number of anilines is 1. The molecule has 31 heavy (non-hydrogen) atoms. The van der Waals surface area contributed by atoms with Gasteiger partial charge in [0.1, 0.15) is 5.76 Å². The summed E-state index contributed by atoms with van der Waals surface area (Å²) in [6.07, 6.45) is 1.53. The van der Waals surface area contributed by atoms with Crippen LogP contribution in [-0.4, -0.2) is 62.2 Å². The van der Waals surface area contributed by atoms with Gasteiger partial charge in [-0.15, -0.1) is 5.10 Å². The van der Waals surface area contributed by atoms with Gasteiger partial charge in [-0.1, -0.05) is 11.8 Å². The highest BCUT2D eigenvalue weighted by Gasteiger charge is 2.15. The number of hydrogen-bond acceptors (Lipinski definition) is 8. The lowest BCUT2D eigenvalue weighted by atomic mass is 10.2. The summed E-state index contributed by atoms with van der Waals surface area (Å²) in [5, 5.41) is 17.0. The molecule has 2 N–H and O–H groups in total. The summed E-state index contributed by atoms with van der Waals surface area (Å²) in [6.45, 7) is 0.167. The second-order valence-corrected chi connectivity index (χ2v) is 7.46. The first-order valence-electron chi connectivity index (χ1n) is 9.22. The number of tetrazole rings is 1. The number of nitrogens with one attached hydrogen (secondary N) is 2. The van der Waals surface area contributed by atoms with Gasteiger partial charge < -0.3 is 20.0 Å². The predicted molar refractivity (Wildman–Crippen MR) is 112 cm³/mol. The SMILES string of the molecule is CN(CC(=O)NCc1ccco1)C(=O)c1ccc(NC(=O)CSc2nnnn2C)cc1. The van der Waals surface area contributed by atoms with Crippen LogP contribution in [0.25, 0.3) is 0 Å². The molecule has 0 aliphatic heterocycles. The van der Waals surface area contributed by atoms with Crippen molar-refractivity contribution in [3.63, 3.8) is 0 Å². The Kier molecular flexibility index (Phi) is 7.38. The van der Waals surface area contributed by atoms with Crippen LogP contribution in [0.1, 0.15) is 16.1 Å². The van der Waals surface area contributed by atoms with Crippen molar-refractivity contribution < 1.29 is 18.8 Å². The first-order valence-corrected chi connectivity index (χ1v) is 10.2. The van der Waals surface area contributed by atoms with E-state index < -0.39 is 0 Å². The van der Waals surface area contributed by atoms with E-state index in [9.17, 15) is 14.4 Å². The first-order chi connectivity index (χ1) is 14.9. The summed E-state index contributed by atoms with van der Waals surface area (Å²) in [5.74, 6) is -0.0581. The molecule has 0 aliphatic rings. The molecular weight excluding hydrogens is 422 g/mol. The standard InChI is InChI=1S/C19H21N7O4S/c1-25(11-16(27)20-10-15-4-3-9-30-15)18(29)13-5-7-14(8-6-13)21-17(28)12-31-19-22-23-24-26(19)2/h3-9H,10-12H2,1-2H3,(H,20,27)(H,21,28). The molecule has 3 rings (SSSR count). The maximum Gasteiger partial charge on any atom is 0.254 e. The van der Waals surface area contributed by atoms with Crippen molar-refractivity contribution >= 4 is 35.2 Å². The lowest BCUT2D eigenvalue weighted by molar-refractivity contribution is -0.121. The third-order valence-corrected chi connectivity index (χ3v) is 5.11. The van der Waals surface area contributed by atoms with Gasteiger partial charge in [0.2, 0.25) is 17.0 Å². The van der Waals surface area contributed by atoms with Crippen molar-refractivity contribution in [1.82, 2.24) is 30.4 Å². The van der Waals surface area contributed by atoms with Crippen molar-refractivity contribution in [3.05, 3.63) is 54.0 Å². The molecule has 3 amide bonds. The minimum absolute atomic E-state index is 0.0911. The average molecular weight is 443 g/mol. The van der Waals surface area contributed by atoms with Gasteiger partial charge in [-0.05, 0) is 46.8 Å². The summed E-state index contributed by atoms with van der Waals surface area (Å²) in [5.41, 5.74) is 0.955. The minimum Gasteiger partial charge on any atom is -0.467 e. The fourth-order valence-electron chi connectivity index (χ4n) is 2.53. The predicted octanol–water partition coefficient (Wildman–Crippen LogP) is 0.922. The third kappa shape index (κ3) is 6.40. The van der Waals surface area contributed by atoms with Gasteiger partial charge in [-0.2, -0.15) is 0 Å². The van der Waals surface area contributed by atoms with Crippen LogP contribution in [0.5, 0.6) is 0 Å². The molecule has 0 spiro atoms. The third-order valence-electron chi connectivity index (χ3n) is 4.10. The molecule has 0 aliphatic carbocycles. The normalized spacial score (nSPS) is 10.5. The van der Waals surface area contributed by atoms with Gasteiger partial charge in [0, 0.05) is 25.3 Å². The fourth-order valence-corrected chi connectivity index (χ4v) is 3.18. The molecular formula is C19H21N7O4S. The van der Waals surface area contributed by atoms with Crippen LogP contribution < -0.4 is 10.6 Å². The Labute approximate surface area is 182 Å². The lowest BCUT2D eigenvalue weighted by Gasteiger charge is -2.17. The van der Waals surface area contributed by atoms with Crippen LogP contribution in [0, 0.1) is 0 Å². The zero-order valence-corrected chi connectivity index (χ0v) is 17.8. The molecule has 0 radical (unpaired) electrons. The van der Waals surface area contributed by atoms with E-state index in [-0.39, 0.29) is 36.6 Å². The number of amides is 3. The molecule has 0 unspecified atom stereocenters. The molecule has 12 heteroatoms. The van der Waals surface area contributed by atoms with Crippen LogP contribution in [-0.2, 0) is 23.2 Å². The van der Waals surface area contributed by atoms with E-state index in [2.05, 4.69) is 26.2 Å². The van der Waals surface area contributed by atoms with Crippen molar-refractivity contribution in [2.75, 3.05) is 24.7 Å². The fraction of sp³-hybridized carbons (Fsp3) is 0.263. The minimum atomic E-state index is -0.309. The number of aryl methyl sites for hydroxylation is 1. The molecule has 11 nitrogen and oxygen atoms in total. The topological polar surface area (TPSA) is 135 Å². The summed E-state index contributed by atoms with van der Waals surface area (Å²) in [7, 11) is 3.23. The maximum atomic E-state index is 12.5. The van der Waals surface area contributed by atoms with E-state index in [1.54, 1.807) is 50.5 Å². The molecule has 0 bridgehead atoms.